The van der Waals surface area contributed by atoms with Gasteiger partial charge in [-0.15, -0.1) is 5.10 Å². The van der Waals surface area contributed by atoms with Crippen molar-refractivity contribution < 1.29 is 14.0 Å². The van der Waals surface area contributed by atoms with Crippen LogP contribution in [0.3, 0.4) is 0 Å². The maximum Gasteiger partial charge on any atom is 0.342 e. The van der Waals surface area contributed by atoms with Crippen molar-refractivity contribution in [1.29, 1.82) is 0 Å². The number of para-hydroxylation sites is 1. The van der Waals surface area contributed by atoms with E-state index in [0.29, 0.717) is 28.8 Å². The predicted octanol–water partition coefficient (Wildman–Crippen LogP) is 10.4. The molecule has 0 aliphatic rings. The van der Waals surface area contributed by atoms with Gasteiger partial charge in [-0.2, -0.15) is 10.2 Å². The quantitative estimate of drug-likeness (QED) is 0.0607. The normalized spacial score (nSPS) is 11.6. The standard InChI is InChI=1S/C46H45BrFN9O2/c1-6-30(2)27-57(50-26-39-21-22-40(47)24-41(39)48)46(59)52-43-32(4)15-18-37(33(43)5)23-38-14-10-11-31(3)44(38)51-45(58)54-49-25-34-16-19-36(20-17-34)42-29-56(55-53-42)28-35-12-8-7-9-13-35/h6-22,24-26,29H,23,27-28H2,1-5H3,(H,52,59)(H2,51,54,58)/b30-6+,49-25+,50-26+. The van der Waals surface area contributed by atoms with Gasteiger partial charge in [0.2, 0.25) is 0 Å². The summed E-state index contributed by atoms with van der Waals surface area (Å²) in [5, 5.41) is 24.4. The number of carbonyl (C=O) groups is 2. The summed E-state index contributed by atoms with van der Waals surface area (Å²) < 4.78 is 17.0. The van der Waals surface area contributed by atoms with Crippen molar-refractivity contribution in [2.75, 3.05) is 17.2 Å². The lowest BCUT2D eigenvalue weighted by Crippen LogP contribution is -2.32. The van der Waals surface area contributed by atoms with Crippen molar-refractivity contribution in [3.05, 3.63) is 176 Å². The van der Waals surface area contributed by atoms with Crippen LogP contribution < -0.4 is 16.1 Å². The van der Waals surface area contributed by atoms with Gasteiger partial charge in [-0.3, -0.25) is 0 Å². The van der Waals surface area contributed by atoms with E-state index in [0.717, 1.165) is 55.8 Å². The van der Waals surface area contributed by atoms with Crippen LogP contribution in [-0.4, -0.2) is 51.0 Å². The number of nitrogens with one attached hydrogen (secondary N) is 3. The average molecular weight is 855 g/mol. The molecule has 300 valence electrons. The molecule has 0 saturated heterocycles. The Labute approximate surface area is 351 Å². The Bertz CT molecular complexity index is 2530. The molecule has 0 bridgehead atoms. The fourth-order valence-corrected chi connectivity index (χ4v) is 6.59. The summed E-state index contributed by atoms with van der Waals surface area (Å²) in [6.45, 7) is 10.4. The number of aromatic nitrogens is 3. The molecular weight excluding hydrogens is 809 g/mol. The molecule has 6 rings (SSSR count). The first-order chi connectivity index (χ1) is 28.5. The van der Waals surface area contributed by atoms with Crippen molar-refractivity contribution in [3.63, 3.8) is 0 Å². The van der Waals surface area contributed by atoms with E-state index in [4.69, 9.17) is 0 Å². The first-order valence-corrected chi connectivity index (χ1v) is 19.8. The monoisotopic (exact) mass is 853 g/mol. The second-order valence-corrected chi connectivity index (χ2v) is 15.0. The van der Waals surface area contributed by atoms with E-state index in [1.807, 2.05) is 120 Å². The second kappa shape index (κ2) is 19.6. The zero-order valence-electron chi connectivity index (χ0n) is 33.5. The van der Waals surface area contributed by atoms with Gasteiger partial charge in [-0.1, -0.05) is 118 Å². The number of benzene rings is 5. The fraction of sp³-hybridized carbons (Fsp3) is 0.174. The lowest BCUT2D eigenvalue weighted by molar-refractivity contribution is 0.218. The molecule has 6 aromatic rings. The van der Waals surface area contributed by atoms with Gasteiger partial charge in [-0.05, 0) is 98.2 Å². The zero-order chi connectivity index (χ0) is 41.9. The highest BCUT2D eigenvalue weighted by molar-refractivity contribution is 9.10. The minimum absolute atomic E-state index is 0.215. The van der Waals surface area contributed by atoms with Crippen LogP contribution in [0.5, 0.6) is 0 Å². The minimum atomic E-state index is -0.489. The van der Waals surface area contributed by atoms with E-state index < -0.39 is 17.9 Å². The van der Waals surface area contributed by atoms with Gasteiger partial charge in [0.1, 0.15) is 11.5 Å². The summed E-state index contributed by atoms with van der Waals surface area (Å²) in [5.41, 5.74) is 13.1. The van der Waals surface area contributed by atoms with Crippen LogP contribution in [0.4, 0.5) is 25.4 Å². The molecule has 0 saturated carbocycles. The Morgan fingerprint density at radius 1 is 0.864 bits per heavy atom. The summed E-state index contributed by atoms with van der Waals surface area (Å²) in [7, 11) is 0. The molecule has 59 heavy (non-hydrogen) atoms. The lowest BCUT2D eigenvalue weighted by atomic mass is 9.95. The summed E-state index contributed by atoms with van der Waals surface area (Å²) in [4.78, 5) is 26.8. The molecule has 0 aliphatic heterocycles. The smallest absolute Gasteiger partial charge is 0.306 e. The molecule has 4 amide bonds. The van der Waals surface area contributed by atoms with Gasteiger partial charge < -0.3 is 10.6 Å². The number of anilines is 2. The molecule has 5 aromatic carbocycles. The molecule has 0 aliphatic carbocycles. The average Bonchev–Trinajstić information content (AvgIpc) is 3.69. The molecule has 13 heteroatoms. The van der Waals surface area contributed by atoms with Crippen molar-refractivity contribution in [2.24, 2.45) is 10.2 Å². The van der Waals surface area contributed by atoms with Crippen molar-refractivity contribution in [1.82, 2.24) is 25.4 Å². The van der Waals surface area contributed by atoms with Crippen LogP contribution in [-0.2, 0) is 13.0 Å². The number of carbonyl (C=O) groups excluding carboxylic acids is 2. The van der Waals surface area contributed by atoms with E-state index in [1.54, 1.807) is 23.0 Å². The third-order valence-corrected chi connectivity index (χ3v) is 10.2. The van der Waals surface area contributed by atoms with Crippen LogP contribution in [0.1, 0.15) is 58.4 Å². The zero-order valence-corrected chi connectivity index (χ0v) is 35.1. The van der Waals surface area contributed by atoms with Crippen LogP contribution in [0.25, 0.3) is 11.3 Å². The highest BCUT2D eigenvalue weighted by Crippen LogP contribution is 2.30. The predicted molar refractivity (Wildman–Crippen MR) is 238 cm³/mol. The molecule has 1 aromatic heterocycles. The van der Waals surface area contributed by atoms with Crippen molar-refractivity contribution in [2.45, 2.75) is 47.6 Å². The molecule has 0 fully saturated rings. The topological polar surface area (TPSA) is 129 Å². The number of amides is 4. The summed E-state index contributed by atoms with van der Waals surface area (Å²) in [5.74, 6) is -0.458. The van der Waals surface area contributed by atoms with Crippen LogP contribution in [0, 0.1) is 26.6 Å². The highest BCUT2D eigenvalue weighted by atomic mass is 79.9. The summed E-state index contributed by atoms with van der Waals surface area (Å²) >= 11 is 3.27. The van der Waals surface area contributed by atoms with E-state index in [-0.39, 0.29) is 12.1 Å². The van der Waals surface area contributed by atoms with E-state index in [2.05, 4.69) is 64.6 Å². The first kappa shape index (κ1) is 41.9. The van der Waals surface area contributed by atoms with Crippen molar-refractivity contribution >= 4 is 51.8 Å². The SMILES string of the molecule is C/C=C(\C)CN(/N=C/c1ccc(Br)cc1F)C(=O)Nc1c(C)ccc(Cc2cccc(C)c2NC(=O)N/N=C/c2ccc(-c3cn(Cc4ccccc4)nn3)cc2)c1C. The Kier molecular flexibility index (Phi) is 13.9. The van der Waals surface area contributed by atoms with Crippen LogP contribution in [0.2, 0.25) is 0 Å². The molecule has 11 nitrogen and oxygen atoms in total. The number of nitrogens with zero attached hydrogens (tertiary/aromatic N) is 6. The van der Waals surface area contributed by atoms with E-state index in [9.17, 15) is 14.0 Å². The Hall–Kier alpha value is -6.73. The highest BCUT2D eigenvalue weighted by Gasteiger charge is 2.18. The number of hydrogen-bond acceptors (Lipinski definition) is 6. The molecule has 0 atom stereocenters. The van der Waals surface area contributed by atoms with E-state index >= 15 is 0 Å². The number of urea groups is 2. The number of rotatable bonds is 13. The van der Waals surface area contributed by atoms with Gasteiger partial charge in [0.15, 0.2) is 0 Å². The van der Waals surface area contributed by atoms with Crippen molar-refractivity contribution in [3.8, 4) is 11.3 Å². The summed E-state index contributed by atoms with van der Waals surface area (Å²) in [6, 6.07) is 31.3. The number of aryl methyl sites for hydroxylation is 2. The van der Waals surface area contributed by atoms with Gasteiger partial charge in [0, 0.05) is 27.0 Å². The number of allylic oxidation sites excluding steroid dienone is 1. The van der Waals surface area contributed by atoms with Gasteiger partial charge in [-0.25, -0.2) is 29.1 Å². The van der Waals surface area contributed by atoms with Crippen LogP contribution in [0.15, 0.2) is 136 Å². The molecular formula is C46H45BrFN9O2. The van der Waals surface area contributed by atoms with E-state index in [1.165, 1.54) is 17.3 Å². The molecule has 1 heterocycles. The largest absolute Gasteiger partial charge is 0.342 e. The van der Waals surface area contributed by atoms with Gasteiger partial charge >= 0.3 is 12.1 Å². The molecule has 3 N–H and O–H groups in total. The van der Waals surface area contributed by atoms with Gasteiger partial charge in [0.25, 0.3) is 0 Å². The maximum absolute atomic E-state index is 14.6. The van der Waals surface area contributed by atoms with Crippen LogP contribution >= 0.6 is 15.9 Å². The Balaban J connectivity index is 1.10. The van der Waals surface area contributed by atoms with Gasteiger partial charge in [0.05, 0.1) is 31.7 Å². The number of hydrazone groups is 2. The second-order valence-electron chi connectivity index (χ2n) is 14.1. The fourth-order valence-electron chi connectivity index (χ4n) is 6.26. The number of hydrogen-bond donors (Lipinski definition) is 3. The lowest BCUT2D eigenvalue weighted by Gasteiger charge is -2.22. The third kappa shape index (κ3) is 11.2. The Morgan fingerprint density at radius 2 is 1.63 bits per heavy atom. The molecule has 0 spiro atoms. The minimum Gasteiger partial charge on any atom is -0.306 e. The molecule has 0 radical (unpaired) electrons. The summed E-state index contributed by atoms with van der Waals surface area (Å²) in [6.07, 6.45) is 7.20. The first-order valence-electron chi connectivity index (χ1n) is 19.0. The number of halogens is 2. The Morgan fingerprint density at radius 3 is 2.37 bits per heavy atom. The third-order valence-electron chi connectivity index (χ3n) is 9.73. The maximum atomic E-state index is 14.6. The molecule has 0 unspecified atom stereocenters.